The maximum atomic E-state index is 14.0. The molecule has 12 nitrogen and oxygen atoms in total. The predicted octanol–water partition coefficient (Wildman–Crippen LogP) is 3.22. The molecule has 0 aliphatic heterocycles. The molecule has 1 aromatic carbocycles. The lowest BCUT2D eigenvalue weighted by Crippen LogP contribution is -2.16. The van der Waals surface area contributed by atoms with Crippen molar-refractivity contribution in [2.75, 3.05) is 11.8 Å². The molecule has 4 rings (SSSR count). The molecule has 0 radical (unpaired) electrons. The number of nitrogens with zero attached hydrogens (tertiary/aromatic N) is 8. The van der Waals surface area contributed by atoms with Gasteiger partial charge in [0, 0.05) is 22.7 Å². The van der Waals surface area contributed by atoms with Gasteiger partial charge in [0.15, 0.2) is 5.82 Å². The fourth-order valence-corrected chi connectivity index (χ4v) is 3.84. The van der Waals surface area contributed by atoms with E-state index in [1.54, 1.807) is 0 Å². The van der Waals surface area contributed by atoms with E-state index in [1.807, 2.05) is 0 Å². The van der Waals surface area contributed by atoms with Crippen molar-refractivity contribution < 1.29 is 21.9 Å². The third-order valence-corrected chi connectivity index (χ3v) is 5.53. The molecule has 0 saturated carbocycles. The maximum Gasteiger partial charge on any atom is 0.264 e. The van der Waals surface area contributed by atoms with Gasteiger partial charge in [0.2, 0.25) is 5.88 Å². The van der Waals surface area contributed by atoms with Crippen molar-refractivity contribution in [1.29, 1.82) is 0 Å². The maximum absolute atomic E-state index is 14.0. The molecule has 0 aliphatic carbocycles. The van der Waals surface area contributed by atoms with E-state index < -0.39 is 26.6 Å². The van der Waals surface area contributed by atoms with E-state index in [0.717, 1.165) is 12.1 Å². The fraction of sp³-hybridized carbons (Fsp3) is 0.0588. The molecule has 4 aromatic rings. The molecule has 0 bridgehead atoms. The lowest BCUT2D eigenvalue weighted by atomic mass is 10.2. The summed E-state index contributed by atoms with van der Waals surface area (Å²) in [7, 11) is -3.18. The van der Waals surface area contributed by atoms with Crippen LogP contribution in [-0.2, 0) is 10.0 Å². The van der Waals surface area contributed by atoms with Gasteiger partial charge in [-0.2, -0.15) is 9.61 Å². The summed E-state index contributed by atoms with van der Waals surface area (Å²) in [6.45, 7) is 0. The van der Waals surface area contributed by atoms with Gasteiger partial charge in [-0.05, 0) is 28.8 Å². The Hall–Kier alpha value is -4.36. The minimum atomic E-state index is -4.45. The molecule has 0 fully saturated rings. The van der Waals surface area contributed by atoms with E-state index in [-0.39, 0.29) is 28.9 Å². The van der Waals surface area contributed by atoms with Crippen LogP contribution in [-0.4, -0.2) is 40.1 Å². The number of ether oxygens (including phenoxy) is 1. The van der Waals surface area contributed by atoms with Gasteiger partial charge in [-0.15, -0.1) is 0 Å². The molecule has 0 saturated heterocycles. The third kappa shape index (κ3) is 3.84. The van der Waals surface area contributed by atoms with Gasteiger partial charge in [-0.1, -0.05) is 0 Å². The molecular formula is C17H11F2N9O3S. The van der Waals surface area contributed by atoms with Crippen molar-refractivity contribution in [2.24, 2.45) is 5.11 Å². The number of fused-ring (bicyclic) bond motifs is 1. The van der Waals surface area contributed by atoms with Crippen molar-refractivity contribution in [2.45, 2.75) is 4.90 Å². The number of pyridine rings is 1. The Morgan fingerprint density at radius 2 is 1.94 bits per heavy atom. The third-order valence-electron chi connectivity index (χ3n) is 4.13. The Labute approximate surface area is 178 Å². The van der Waals surface area contributed by atoms with Crippen LogP contribution in [0.4, 0.5) is 20.3 Å². The highest BCUT2D eigenvalue weighted by Crippen LogP contribution is 2.30. The number of hydrogen-bond acceptors (Lipinski definition) is 8. The minimum absolute atomic E-state index is 0.0889. The first-order valence-corrected chi connectivity index (χ1v) is 10.1. The van der Waals surface area contributed by atoms with Crippen LogP contribution in [0, 0.1) is 11.6 Å². The van der Waals surface area contributed by atoms with Crippen molar-refractivity contribution in [3.63, 3.8) is 0 Å². The van der Waals surface area contributed by atoms with E-state index in [2.05, 4.69) is 34.8 Å². The SMILES string of the molecule is COc1ncc(-c2cnc3ncc(N=[N+]=[N-])n3n2)cc1NS(=O)(=O)c1ccc(F)cc1F. The van der Waals surface area contributed by atoms with Crippen molar-refractivity contribution in [1.82, 2.24) is 24.6 Å². The van der Waals surface area contributed by atoms with E-state index in [4.69, 9.17) is 10.3 Å². The summed E-state index contributed by atoms with van der Waals surface area (Å²) in [6, 6.07) is 3.41. The lowest BCUT2D eigenvalue weighted by Gasteiger charge is -2.13. The molecular weight excluding hydrogens is 448 g/mol. The summed E-state index contributed by atoms with van der Waals surface area (Å²) in [6.07, 6.45) is 3.97. The first-order chi connectivity index (χ1) is 15.3. The summed E-state index contributed by atoms with van der Waals surface area (Å²) in [5.41, 5.74) is 9.05. The zero-order valence-corrected chi connectivity index (χ0v) is 16.8. The smallest absolute Gasteiger partial charge is 0.264 e. The first-order valence-electron chi connectivity index (χ1n) is 8.60. The molecule has 0 aliphatic rings. The Bertz CT molecular complexity index is 1500. The summed E-state index contributed by atoms with van der Waals surface area (Å²) in [4.78, 5) is 14.0. The van der Waals surface area contributed by atoms with Gasteiger partial charge in [-0.25, -0.2) is 32.2 Å². The van der Waals surface area contributed by atoms with Crippen LogP contribution in [0.2, 0.25) is 0 Å². The highest BCUT2D eigenvalue weighted by Gasteiger charge is 2.22. The standard InChI is InChI=1S/C17H11F2N9O3S/c1-31-16-12(26-32(29,30)14-3-2-10(18)5-11(14)19)4-9(6-21-16)13-7-22-17-23-8-15(24-27-20)28(17)25-13/h2-8,26H,1H3. The molecule has 3 heterocycles. The monoisotopic (exact) mass is 459 g/mol. The molecule has 15 heteroatoms. The predicted molar refractivity (Wildman–Crippen MR) is 107 cm³/mol. The molecule has 0 unspecified atom stereocenters. The number of hydrogen-bond donors (Lipinski definition) is 1. The Kier molecular flexibility index (Phi) is 5.26. The van der Waals surface area contributed by atoms with Crippen molar-refractivity contribution in [3.8, 4) is 17.1 Å². The molecule has 0 atom stereocenters. The normalized spacial score (nSPS) is 11.2. The number of halogens is 2. The second-order valence-corrected chi connectivity index (χ2v) is 7.77. The van der Waals surface area contributed by atoms with Gasteiger partial charge in [0.05, 0.1) is 19.5 Å². The minimum Gasteiger partial charge on any atom is -0.480 e. The van der Waals surface area contributed by atoms with Gasteiger partial charge in [-0.3, -0.25) is 4.72 Å². The van der Waals surface area contributed by atoms with E-state index >= 15 is 0 Å². The van der Waals surface area contributed by atoms with Crippen LogP contribution in [0.3, 0.4) is 0 Å². The Morgan fingerprint density at radius 1 is 1.16 bits per heavy atom. The lowest BCUT2D eigenvalue weighted by molar-refractivity contribution is 0.400. The van der Waals surface area contributed by atoms with Crippen molar-refractivity contribution in [3.05, 3.63) is 64.9 Å². The highest BCUT2D eigenvalue weighted by atomic mass is 32.2. The van der Waals surface area contributed by atoms with E-state index in [1.165, 1.54) is 36.3 Å². The average Bonchev–Trinajstić information content (AvgIpc) is 3.15. The van der Waals surface area contributed by atoms with Crippen molar-refractivity contribution >= 4 is 27.3 Å². The van der Waals surface area contributed by atoms with Crippen LogP contribution in [0.25, 0.3) is 27.5 Å². The largest absolute Gasteiger partial charge is 0.480 e. The topological polar surface area (TPSA) is 160 Å². The summed E-state index contributed by atoms with van der Waals surface area (Å²) in [5, 5.41) is 7.73. The number of methoxy groups -OCH3 is 1. The Balaban J connectivity index is 1.77. The highest BCUT2D eigenvalue weighted by molar-refractivity contribution is 7.92. The summed E-state index contributed by atoms with van der Waals surface area (Å²) in [5.74, 6) is -2.03. The van der Waals surface area contributed by atoms with Gasteiger partial charge < -0.3 is 4.74 Å². The number of rotatable bonds is 6. The number of anilines is 1. The van der Waals surface area contributed by atoms with E-state index in [9.17, 15) is 17.2 Å². The van der Waals surface area contributed by atoms with Crippen LogP contribution in [0.1, 0.15) is 0 Å². The molecule has 0 amide bonds. The quantitative estimate of drug-likeness (QED) is 0.263. The molecule has 3 aromatic heterocycles. The van der Waals surface area contributed by atoms with Crippen LogP contribution < -0.4 is 9.46 Å². The summed E-state index contributed by atoms with van der Waals surface area (Å²) >= 11 is 0. The zero-order valence-electron chi connectivity index (χ0n) is 16.0. The number of azide groups is 1. The van der Waals surface area contributed by atoms with Crippen LogP contribution in [0.15, 0.2) is 52.9 Å². The molecule has 1 N–H and O–H groups in total. The van der Waals surface area contributed by atoms with Crippen LogP contribution >= 0.6 is 0 Å². The number of sulfonamides is 1. The fourth-order valence-electron chi connectivity index (χ4n) is 2.73. The van der Waals surface area contributed by atoms with E-state index in [0.29, 0.717) is 11.6 Å². The van der Waals surface area contributed by atoms with Gasteiger partial charge in [0.1, 0.15) is 27.9 Å². The number of aromatic nitrogens is 5. The number of nitrogens with one attached hydrogen (secondary N) is 1. The molecule has 0 spiro atoms. The zero-order chi connectivity index (χ0) is 22.9. The molecule has 162 valence electrons. The molecule has 32 heavy (non-hydrogen) atoms. The summed E-state index contributed by atoms with van der Waals surface area (Å²) < 4.78 is 61.0. The number of imidazole rings is 1. The second kappa shape index (κ2) is 8.05. The first kappa shape index (κ1) is 20.9. The average molecular weight is 459 g/mol. The second-order valence-electron chi connectivity index (χ2n) is 6.12. The van der Waals surface area contributed by atoms with Gasteiger partial charge >= 0.3 is 0 Å². The number of benzene rings is 1. The Morgan fingerprint density at radius 3 is 2.66 bits per heavy atom. The van der Waals surface area contributed by atoms with Gasteiger partial charge in [0.25, 0.3) is 15.8 Å². The van der Waals surface area contributed by atoms with Crippen LogP contribution in [0.5, 0.6) is 5.88 Å².